The highest BCUT2D eigenvalue weighted by molar-refractivity contribution is 6.32. The van der Waals surface area contributed by atoms with Gasteiger partial charge < -0.3 is 19.5 Å². The first-order valence-corrected chi connectivity index (χ1v) is 9.71. The standard InChI is InChI=1S/C22H20ClN3O4/c1-28-19-4-3-13(8-20(19)29-2)22(27)26-11-17-6-15-5-14(7-18(23)21(15)30-17)16-9-24-12-25-10-16/h3-5,7-10,12,17H,6,11H2,1-2H3,(H,26,27). The highest BCUT2D eigenvalue weighted by atomic mass is 35.5. The van der Waals surface area contributed by atoms with Gasteiger partial charge in [-0.25, -0.2) is 9.97 Å². The summed E-state index contributed by atoms with van der Waals surface area (Å²) in [5.41, 5.74) is 3.28. The number of nitrogens with one attached hydrogen (secondary N) is 1. The first kappa shape index (κ1) is 20.0. The number of amides is 1. The first-order chi connectivity index (χ1) is 14.6. The zero-order valence-electron chi connectivity index (χ0n) is 16.5. The van der Waals surface area contributed by atoms with Crippen LogP contribution in [0.25, 0.3) is 11.1 Å². The number of carbonyl (C=O) groups excluding carboxylic acids is 1. The molecule has 0 bridgehead atoms. The molecule has 1 atom stereocenters. The molecule has 154 valence electrons. The van der Waals surface area contributed by atoms with Crippen LogP contribution in [0.2, 0.25) is 5.02 Å². The van der Waals surface area contributed by atoms with E-state index >= 15 is 0 Å². The molecule has 30 heavy (non-hydrogen) atoms. The third-order valence-corrected chi connectivity index (χ3v) is 5.16. The number of rotatable bonds is 6. The summed E-state index contributed by atoms with van der Waals surface area (Å²) in [6.07, 6.45) is 5.40. The van der Waals surface area contributed by atoms with Crippen LogP contribution >= 0.6 is 11.6 Å². The maximum Gasteiger partial charge on any atom is 0.251 e. The zero-order valence-corrected chi connectivity index (χ0v) is 17.3. The van der Waals surface area contributed by atoms with E-state index in [-0.39, 0.29) is 12.0 Å². The van der Waals surface area contributed by atoms with Gasteiger partial charge in [0.15, 0.2) is 11.5 Å². The van der Waals surface area contributed by atoms with E-state index in [1.807, 2.05) is 12.1 Å². The molecular formula is C22H20ClN3O4. The fraction of sp³-hybridized carbons (Fsp3) is 0.227. The van der Waals surface area contributed by atoms with Crippen molar-refractivity contribution in [2.45, 2.75) is 12.5 Å². The summed E-state index contributed by atoms with van der Waals surface area (Å²) < 4.78 is 16.4. The number of aromatic nitrogens is 2. The number of hydrogen-bond donors (Lipinski definition) is 1. The number of nitrogens with zero attached hydrogens (tertiary/aromatic N) is 2. The summed E-state index contributed by atoms with van der Waals surface area (Å²) in [6.45, 7) is 0.349. The molecule has 0 aliphatic carbocycles. The van der Waals surface area contributed by atoms with E-state index in [0.717, 1.165) is 16.7 Å². The minimum Gasteiger partial charge on any atom is -0.493 e. The largest absolute Gasteiger partial charge is 0.493 e. The van der Waals surface area contributed by atoms with Crippen molar-refractivity contribution in [3.63, 3.8) is 0 Å². The number of halogens is 1. The molecule has 2 aromatic carbocycles. The molecule has 8 heteroatoms. The highest BCUT2D eigenvalue weighted by Gasteiger charge is 2.26. The van der Waals surface area contributed by atoms with E-state index in [1.54, 1.807) is 37.7 Å². The van der Waals surface area contributed by atoms with Crippen LogP contribution in [0, 0.1) is 0 Å². The molecule has 1 N–H and O–H groups in total. The van der Waals surface area contributed by atoms with Crippen LogP contribution in [0.5, 0.6) is 17.2 Å². The minimum absolute atomic E-state index is 0.205. The Balaban J connectivity index is 1.43. The molecule has 2 heterocycles. The Labute approximate surface area is 179 Å². The molecule has 1 aromatic heterocycles. The second-order valence-electron chi connectivity index (χ2n) is 6.80. The molecule has 3 aromatic rings. The smallest absolute Gasteiger partial charge is 0.251 e. The van der Waals surface area contributed by atoms with Crippen molar-refractivity contribution in [3.05, 3.63) is 65.2 Å². The minimum atomic E-state index is -0.219. The maximum absolute atomic E-state index is 12.5. The number of ether oxygens (including phenoxy) is 3. The summed E-state index contributed by atoms with van der Waals surface area (Å²) >= 11 is 6.43. The van der Waals surface area contributed by atoms with E-state index in [2.05, 4.69) is 15.3 Å². The lowest BCUT2D eigenvalue weighted by Gasteiger charge is -2.13. The maximum atomic E-state index is 12.5. The second-order valence-corrected chi connectivity index (χ2v) is 7.20. The van der Waals surface area contributed by atoms with E-state index in [0.29, 0.717) is 40.8 Å². The fourth-order valence-corrected chi connectivity index (χ4v) is 3.69. The van der Waals surface area contributed by atoms with Gasteiger partial charge in [0.25, 0.3) is 5.91 Å². The number of carbonyl (C=O) groups is 1. The average Bonchev–Trinajstić information content (AvgIpc) is 3.21. The number of methoxy groups -OCH3 is 2. The van der Waals surface area contributed by atoms with Crippen molar-refractivity contribution in [1.29, 1.82) is 0 Å². The lowest BCUT2D eigenvalue weighted by atomic mass is 10.0. The Morgan fingerprint density at radius 3 is 2.63 bits per heavy atom. The molecule has 0 fully saturated rings. The van der Waals surface area contributed by atoms with Crippen LogP contribution in [-0.4, -0.2) is 42.7 Å². The molecule has 1 aliphatic rings. The molecule has 7 nitrogen and oxygen atoms in total. The topological polar surface area (TPSA) is 82.6 Å². The molecule has 0 radical (unpaired) electrons. The SMILES string of the molecule is COc1ccc(C(=O)NCC2Cc3cc(-c4cncnc4)cc(Cl)c3O2)cc1OC. The number of fused-ring (bicyclic) bond motifs is 1. The summed E-state index contributed by atoms with van der Waals surface area (Å²) in [7, 11) is 3.08. The van der Waals surface area contributed by atoms with Crippen molar-refractivity contribution in [1.82, 2.24) is 15.3 Å². The molecule has 0 saturated heterocycles. The Kier molecular flexibility index (Phi) is 5.72. The monoisotopic (exact) mass is 425 g/mol. The number of benzene rings is 2. The molecule has 1 amide bonds. The van der Waals surface area contributed by atoms with Gasteiger partial charge in [-0.2, -0.15) is 0 Å². The Hall–Kier alpha value is -3.32. The molecule has 0 spiro atoms. The summed E-state index contributed by atoms with van der Waals surface area (Å²) in [5.74, 6) is 1.50. The summed E-state index contributed by atoms with van der Waals surface area (Å²) in [6, 6.07) is 8.89. The Bertz CT molecular complexity index is 1080. The molecule has 0 saturated carbocycles. The molecule has 1 unspecified atom stereocenters. The van der Waals surface area contributed by atoms with E-state index in [9.17, 15) is 4.79 Å². The predicted molar refractivity (Wildman–Crippen MR) is 112 cm³/mol. The zero-order chi connectivity index (χ0) is 21.1. The van der Waals surface area contributed by atoms with Crippen molar-refractivity contribution in [2.75, 3.05) is 20.8 Å². The van der Waals surface area contributed by atoms with E-state index in [1.165, 1.54) is 13.4 Å². The van der Waals surface area contributed by atoms with Crippen molar-refractivity contribution < 1.29 is 19.0 Å². The lowest BCUT2D eigenvalue weighted by Crippen LogP contribution is -2.34. The van der Waals surface area contributed by atoms with E-state index < -0.39 is 0 Å². The lowest BCUT2D eigenvalue weighted by molar-refractivity contribution is 0.0933. The van der Waals surface area contributed by atoms with Crippen LogP contribution in [-0.2, 0) is 6.42 Å². The summed E-state index contributed by atoms with van der Waals surface area (Å²) in [5, 5.41) is 3.43. The van der Waals surface area contributed by atoms with E-state index in [4.69, 9.17) is 25.8 Å². The quantitative estimate of drug-likeness (QED) is 0.650. The predicted octanol–water partition coefficient (Wildman–Crippen LogP) is 3.55. The van der Waals surface area contributed by atoms with Gasteiger partial charge in [0.2, 0.25) is 0 Å². The Morgan fingerprint density at radius 1 is 1.13 bits per heavy atom. The van der Waals surface area contributed by atoms with Gasteiger partial charge in [0.05, 0.1) is 25.8 Å². The first-order valence-electron chi connectivity index (χ1n) is 9.33. The van der Waals surface area contributed by atoms with Gasteiger partial charge in [-0.05, 0) is 35.9 Å². The highest BCUT2D eigenvalue weighted by Crippen LogP contribution is 2.39. The van der Waals surface area contributed by atoms with Gasteiger partial charge in [0, 0.05) is 35.5 Å². The third kappa shape index (κ3) is 4.02. The molecule has 1 aliphatic heterocycles. The van der Waals surface area contributed by atoms with Crippen LogP contribution in [0.3, 0.4) is 0 Å². The average molecular weight is 426 g/mol. The van der Waals surface area contributed by atoms with Crippen molar-refractivity contribution in [2.24, 2.45) is 0 Å². The normalized spacial score (nSPS) is 14.6. The van der Waals surface area contributed by atoms with Crippen LogP contribution in [0.4, 0.5) is 0 Å². The van der Waals surface area contributed by atoms with Gasteiger partial charge >= 0.3 is 0 Å². The molecular weight excluding hydrogens is 406 g/mol. The Morgan fingerprint density at radius 2 is 1.90 bits per heavy atom. The van der Waals surface area contributed by atoms with Crippen LogP contribution in [0.15, 0.2) is 49.1 Å². The fourth-order valence-electron chi connectivity index (χ4n) is 3.40. The van der Waals surface area contributed by atoms with Crippen LogP contribution < -0.4 is 19.5 Å². The van der Waals surface area contributed by atoms with Gasteiger partial charge in [0.1, 0.15) is 18.2 Å². The van der Waals surface area contributed by atoms with Gasteiger partial charge in [-0.3, -0.25) is 4.79 Å². The number of hydrogen-bond acceptors (Lipinski definition) is 6. The van der Waals surface area contributed by atoms with Crippen molar-refractivity contribution in [3.8, 4) is 28.4 Å². The summed E-state index contributed by atoms with van der Waals surface area (Å²) in [4.78, 5) is 20.6. The van der Waals surface area contributed by atoms with Gasteiger partial charge in [-0.1, -0.05) is 11.6 Å². The third-order valence-electron chi connectivity index (χ3n) is 4.88. The van der Waals surface area contributed by atoms with Crippen molar-refractivity contribution >= 4 is 17.5 Å². The van der Waals surface area contributed by atoms with Gasteiger partial charge in [-0.15, -0.1) is 0 Å². The molecule has 4 rings (SSSR count). The van der Waals surface area contributed by atoms with Crippen LogP contribution in [0.1, 0.15) is 15.9 Å². The second kappa shape index (κ2) is 8.59.